The van der Waals surface area contributed by atoms with Crippen LogP contribution in [0.25, 0.3) is 0 Å². The zero-order valence-corrected chi connectivity index (χ0v) is 22.6. The maximum absolute atomic E-state index is 13.5. The number of thioether (sulfide) groups is 1. The van der Waals surface area contributed by atoms with Crippen LogP contribution in [0.3, 0.4) is 0 Å². The van der Waals surface area contributed by atoms with Gasteiger partial charge in [-0.3, -0.25) is 9.10 Å². The Morgan fingerprint density at radius 3 is 2.37 bits per heavy atom. The Hall–Kier alpha value is -2.10. The summed E-state index contributed by atoms with van der Waals surface area (Å²) in [5.74, 6) is 1.07. The van der Waals surface area contributed by atoms with E-state index in [1.54, 1.807) is 54.2 Å². The molecule has 3 rings (SSSR count). The van der Waals surface area contributed by atoms with Crippen LogP contribution in [0.5, 0.6) is 5.75 Å². The highest BCUT2D eigenvalue weighted by molar-refractivity contribution is 7.98. The fourth-order valence-electron chi connectivity index (χ4n) is 3.15. The lowest BCUT2D eigenvalue weighted by atomic mass is 10.2. The third kappa shape index (κ3) is 7.44. The Kier molecular flexibility index (Phi) is 10.0. The highest BCUT2D eigenvalue weighted by atomic mass is 35.5. The van der Waals surface area contributed by atoms with Gasteiger partial charge in [0.25, 0.3) is 10.0 Å². The lowest BCUT2D eigenvalue weighted by Gasteiger charge is -2.25. The van der Waals surface area contributed by atoms with E-state index in [2.05, 4.69) is 5.32 Å². The summed E-state index contributed by atoms with van der Waals surface area (Å²) in [7, 11) is -2.65. The van der Waals surface area contributed by atoms with Crippen molar-refractivity contribution in [1.82, 2.24) is 5.32 Å². The van der Waals surface area contributed by atoms with E-state index in [0.717, 1.165) is 9.87 Å². The molecule has 0 aliphatic heterocycles. The Labute approximate surface area is 224 Å². The van der Waals surface area contributed by atoms with Gasteiger partial charge in [0.1, 0.15) is 12.3 Å². The first-order chi connectivity index (χ1) is 16.7. The van der Waals surface area contributed by atoms with E-state index in [4.69, 9.17) is 39.5 Å². The summed E-state index contributed by atoms with van der Waals surface area (Å²) in [6, 6.07) is 17.8. The molecule has 0 bridgehead atoms. The fraction of sp³-hybridized carbons (Fsp3) is 0.208. The Morgan fingerprint density at radius 2 is 1.69 bits per heavy atom. The third-order valence-electron chi connectivity index (χ3n) is 4.87. The van der Waals surface area contributed by atoms with E-state index < -0.39 is 22.5 Å². The highest BCUT2D eigenvalue weighted by Crippen LogP contribution is 2.34. The zero-order chi connectivity index (χ0) is 25.4. The van der Waals surface area contributed by atoms with Crippen molar-refractivity contribution in [3.05, 3.63) is 87.4 Å². The molecule has 0 saturated heterocycles. The topological polar surface area (TPSA) is 75.7 Å². The van der Waals surface area contributed by atoms with Gasteiger partial charge in [-0.05, 0) is 48.0 Å². The lowest BCUT2D eigenvalue weighted by Crippen LogP contribution is -2.41. The molecule has 1 N–H and O–H groups in total. The number of benzene rings is 3. The minimum Gasteiger partial charge on any atom is -0.495 e. The number of hydrogen-bond donors (Lipinski definition) is 1. The van der Waals surface area contributed by atoms with Crippen LogP contribution in [0.1, 0.15) is 5.56 Å². The molecule has 0 aliphatic rings. The second kappa shape index (κ2) is 12.7. The monoisotopic (exact) mass is 572 g/mol. The molecule has 0 heterocycles. The Morgan fingerprint density at radius 1 is 1.00 bits per heavy atom. The summed E-state index contributed by atoms with van der Waals surface area (Å²) in [6.07, 6.45) is 0. The summed E-state index contributed by atoms with van der Waals surface area (Å²) < 4.78 is 33.3. The van der Waals surface area contributed by atoms with E-state index in [1.165, 1.54) is 25.3 Å². The highest BCUT2D eigenvalue weighted by Gasteiger charge is 2.29. The lowest BCUT2D eigenvalue weighted by molar-refractivity contribution is -0.119. The van der Waals surface area contributed by atoms with Crippen molar-refractivity contribution in [2.45, 2.75) is 10.6 Å². The number of halogens is 3. The van der Waals surface area contributed by atoms with Gasteiger partial charge >= 0.3 is 0 Å². The standard InChI is InChI=1S/C24H23Cl3N2O4S2/c1-33-23-10-9-19(26)14-22(23)29(35(31,32)20-5-3-2-4-6-20)15-24(30)28-11-12-34-16-17-7-8-18(25)13-21(17)27/h2-10,13-14H,11-12,15-16H2,1H3,(H,28,30). The fourth-order valence-corrected chi connectivity index (χ4v) is 6.17. The molecule has 0 spiro atoms. The molecule has 35 heavy (non-hydrogen) atoms. The van der Waals surface area contributed by atoms with Crippen LogP contribution in [-0.4, -0.2) is 40.3 Å². The Balaban J connectivity index is 1.70. The van der Waals surface area contributed by atoms with E-state index in [9.17, 15) is 13.2 Å². The number of anilines is 1. The molecule has 0 radical (unpaired) electrons. The number of hydrogen-bond acceptors (Lipinski definition) is 5. The van der Waals surface area contributed by atoms with Gasteiger partial charge in [0, 0.05) is 33.1 Å². The normalized spacial score (nSPS) is 11.2. The summed E-state index contributed by atoms with van der Waals surface area (Å²) >= 11 is 19.8. The number of nitrogens with zero attached hydrogens (tertiary/aromatic N) is 1. The summed E-state index contributed by atoms with van der Waals surface area (Å²) in [5, 5.41) is 4.25. The molecule has 0 unspecified atom stereocenters. The molecule has 0 aromatic heterocycles. The van der Waals surface area contributed by atoms with Crippen LogP contribution in [0, 0.1) is 0 Å². The zero-order valence-electron chi connectivity index (χ0n) is 18.7. The molecule has 0 aliphatic carbocycles. The molecular weight excluding hydrogens is 551 g/mol. The average molecular weight is 574 g/mol. The second-order valence-electron chi connectivity index (χ2n) is 7.28. The first-order valence-electron chi connectivity index (χ1n) is 10.4. The van der Waals surface area contributed by atoms with Crippen molar-refractivity contribution in [3.63, 3.8) is 0 Å². The van der Waals surface area contributed by atoms with Crippen LogP contribution in [0.4, 0.5) is 5.69 Å². The van der Waals surface area contributed by atoms with Gasteiger partial charge in [-0.25, -0.2) is 8.42 Å². The molecular formula is C24H23Cl3N2O4S2. The van der Waals surface area contributed by atoms with Crippen LogP contribution in [0.15, 0.2) is 71.6 Å². The van der Waals surface area contributed by atoms with Gasteiger partial charge in [-0.2, -0.15) is 11.8 Å². The smallest absolute Gasteiger partial charge is 0.264 e. The second-order valence-corrected chi connectivity index (χ2v) is 11.5. The van der Waals surface area contributed by atoms with Gasteiger partial charge < -0.3 is 10.1 Å². The van der Waals surface area contributed by atoms with Crippen LogP contribution in [-0.2, 0) is 20.6 Å². The van der Waals surface area contributed by atoms with Crippen LogP contribution in [0.2, 0.25) is 15.1 Å². The minimum atomic E-state index is -4.07. The van der Waals surface area contributed by atoms with Gasteiger partial charge in [-0.15, -0.1) is 0 Å². The first kappa shape index (κ1) is 27.5. The number of rotatable bonds is 11. The number of nitrogens with one attached hydrogen (secondary N) is 1. The third-order valence-corrected chi connectivity index (χ3v) is 8.47. The average Bonchev–Trinajstić information content (AvgIpc) is 2.84. The number of ether oxygens (including phenoxy) is 1. The van der Waals surface area contributed by atoms with E-state index in [0.29, 0.717) is 33.1 Å². The Bertz CT molecular complexity index is 1280. The molecule has 0 saturated carbocycles. The summed E-state index contributed by atoms with van der Waals surface area (Å²) in [6.45, 7) is -0.0950. The molecule has 0 atom stereocenters. The number of amides is 1. The van der Waals surface area contributed by atoms with Gasteiger partial charge in [-0.1, -0.05) is 59.1 Å². The van der Waals surface area contributed by atoms with Crippen molar-refractivity contribution in [2.75, 3.05) is 30.3 Å². The molecule has 0 fully saturated rings. The number of sulfonamides is 1. The maximum Gasteiger partial charge on any atom is 0.264 e. The molecule has 6 nitrogen and oxygen atoms in total. The summed E-state index contributed by atoms with van der Waals surface area (Å²) in [4.78, 5) is 12.8. The van der Waals surface area contributed by atoms with E-state index in [1.807, 2.05) is 6.07 Å². The molecule has 1 amide bonds. The van der Waals surface area contributed by atoms with Gasteiger partial charge in [0.05, 0.1) is 17.7 Å². The van der Waals surface area contributed by atoms with E-state index >= 15 is 0 Å². The van der Waals surface area contributed by atoms with Crippen LogP contribution >= 0.6 is 46.6 Å². The summed E-state index contributed by atoms with van der Waals surface area (Å²) in [5.41, 5.74) is 1.12. The van der Waals surface area contributed by atoms with Crippen molar-refractivity contribution in [3.8, 4) is 5.75 Å². The predicted molar refractivity (Wildman–Crippen MR) is 145 cm³/mol. The predicted octanol–water partition coefficient (Wildman–Crippen LogP) is 5.90. The SMILES string of the molecule is COc1ccc(Cl)cc1N(CC(=O)NCCSCc1ccc(Cl)cc1Cl)S(=O)(=O)c1ccccc1. The van der Waals surface area contributed by atoms with Crippen LogP contribution < -0.4 is 14.4 Å². The number of carbonyl (C=O) groups excluding carboxylic acids is 1. The molecule has 3 aromatic carbocycles. The number of carbonyl (C=O) groups is 1. The van der Waals surface area contributed by atoms with Gasteiger partial charge in [0.15, 0.2) is 0 Å². The van der Waals surface area contributed by atoms with Crippen molar-refractivity contribution >= 4 is 68.2 Å². The molecule has 11 heteroatoms. The largest absolute Gasteiger partial charge is 0.495 e. The molecule has 3 aromatic rings. The van der Waals surface area contributed by atoms with Crippen molar-refractivity contribution in [1.29, 1.82) is 0 Å². The maximum atomic E-state index is 13.5. The number of methoxy groups -OCH3 is 1. The molecule has 186 valence electrons. The van der Waals surface area contributed by atoms with Gasteiger partial charge in [0.2, 0.25) is 5.91 Å². The quantitative estimate of drug-likeness (QED) is 0.289. The first-order valence-corrected chi connectivity index (χ1v) is 14.1. The minimum absolute atomic E-state index is 0.0465. The van der Waals surface area contributed by atoms with Crippen molar-refractivity contribution in [2.24, 2.45) is 0 Å². The van der Waals surface area contributed by atoms with Crippen molar-refractivity contribution < 1.29 is 17.9 Å². The van der Waals surface area contributed by atoms with E-state index in [-0.39, 0.29) is 16.3 Å².